The van der Waals surface area contributed by atoms with E-state index in [1.807, 2.05) is 0 Å². The molecule has 5 atom stereocenters. The van der Waals surface area contributed by atoms with Crippen LogP contribution in [0.4, 0.5) is 0 Å². The van der Waals surface area contributed by atoms with Gasteiger partial charge in [0.05, 0.1) is 22.8 Å². The predicted molar refractivity (Wildman–Crippen MR) is 115 cm³/mol. The molecule has 162 valence electrons. The average molecular weight is 519 g/mol. The van der Waals surface area contributed by atoms with Crippen molar-refractivity contribution in [3.05, 3.63) is 45.7 Å². The van der Waals surface area contributed by atoms with Crippen molar-refractivity contribution in [3.8, 4) is 0 Å². The quantitative estimate of drug-likeness (QED) is 0.555. The fraction of sp³-hybridized carbons (Fsp3) is 0.474. The van der Waals surface area contributed by atoms with Crippen LogP contribution in [0.3, 0.4) is 0 Å². The molecule has 1 aromatic carbocycles. The zero-order valence-corrected chi connectivity index (χ0v) is 18.9. The largest absolute Gasteiger partial charge is 0.394 e. The zero-order chi connectivity index (χ0) is 21.4. The molecule has 8 nitrogen and oxygen atoms in total. The molecule has 0 spiro atoms. The fourth-order valence-corrected chi connectivity index (χ4v) is 5.31. The average Bonchev–Trinajstić information content (AvgIpc) is 3.08. The van der Waals surface area contributed by atoms with Gasteiger partial charge < -0.3 is 25.0 Å². The third-order valence-electron chi connectivity index (χ3n) is 5.28. The Kier molecular flexibility index (Phi) is 6.73. The molecular weight excluding hydrogens is 498 g/mol. The molecule has 11 heteroatoms. The van der Waals surface area contributed by atoms with E-state index in [4.69, 9.17) is 16.3 Å². The van der Waals surface area contributed by atoms with E-state index in [1.54, 1.807) is 35.5 Å². The molecule has 0 unspecified atom stereocenters. The van der Waals surface area contributed by atoms with E-state index in [-0.39, 0.29) is 5.91 Å². The van der Waals surface area contributed by atoms with Crippen LogP contribution >= 0.6 is 39.3 Å². The second kappa shape index (κ2) is 9.15. The van der Waals surface area contributed by atoms with Crippen LogP contribution in [-0.4, -0.2) is 79.4 Å². The van der Waals surface area contributed by atoms with E-state index < -0.39 is 36.4 Å². The number of amides is 1. The number of halogens is 2. The predicted octanol–water partition coefficient (Wildman–Crippen LogP) is 1.92. The normalized spacial score (nSPS) is 29.0. The highest BCUT2D eigenvalue weighted by Gasteiger charge is 2.46. The third kappa shape index (κ3) is 4.27. The number of carbonyl (C=O) groups is 1. The van der Waals surface area contributed by atoms with E-state index in [0.717, 1.165) is 18.2 Å². The number of aromatic nitrogens is 2. The van der Waals surface area contributed by atoms with E-state index in [2.05, 4.69) is 21.0 Å². The Labute approximate surface area is 190 Å². The number of likely N-dealkylation sites (tertiary alicyclic amines) is 1. The molecule has 1 aromatic heterocycles. The fourth-order valence-electron chi connectivity index (χ4n) is 3.54. The lowest BCUT2D eigenvalue weighted by atomic mass is 9.97. The van der Waals surface area contributed by atoms with Crippen LogP contribution in [0.25, 0.3) is 0 Å². The summed E-state index contributed by atoms with van der Waals surface area (Å²) in [5, 5.41) is 36.0. The van der Waals surface area contributed by atoms with Crippen LogP contribution in [0.2, 0.25) is 5.02 Å². The van der Waals surface area contributed by atoms with Crippen molar-refractivity contribution in [2.24, 2.45) is 0 Å². The number of aliphatic hydroxyl groups excluding tert-OH is 3. The smallest absolute Gasteiger partial charge is 0.254 e. The van der Waals surface area contributed by atoms with Gasteiger partial charge in [0.1, 0.15) is 29.8 Å². The molecule has 3 heterocycles. The lowest BCUT2D eigenvalue weighted by Crippen LogP contribution is -2.55. The maximum Gasteiger partial charge on any atom is 0.254 e. The van der Waals surface area contributed by atoms with E-state index in [9.17, 15) is 20.1 Å². The Morgan fingerprint density at radius 3 is 2.70 bits per heavy atom. The van der Waals surface area contributed by atoms with Gasteiger partial charge in [-0.15, -0.1) is 0 Å². The van der Waals surface area contributed by atoms with Gasteiger partial charge in [0, 0.05) is 29.2 Å². The minimum atomic E-state index is -1.17. The minimum Gasteiger partial charge on any atom is -0.394 e. The summed E-state index contributed by atoms with van der Waals surface area (Å²) in [6.07, 6.45) is 0.903. The lowest BCUT2D eigenvalue weighted by molar-refractivity contribution is -0.178. The van der Waals surface area contributed by atoms with E-state index in [0.29, 0.717) is 33.0 Å². The summed E-state index contributed by atoms with van der Waals surface area (Å²) >= 11 is 10.6. The summed E-state index contributed by atoms with van der Waals surface area (Å²) in [6, 6.07) is 4.14. The van der Waals surface area contributed by atoms with Gasteiger partial charge in [-0.3, -0.25) is 9.48 Å². The van der Waals surface area contributed by atoms with Crippen LogP contribution in [-0.2, 0) is 4.74 Å². The molecule has 4 rings (SSSR count). The first-order valence-corrected chi connectivity index (χ1v) is 11.5. The topological polar surface area (TPSA) is 108 Å². The number of rotatable bonds is 5. The van der Waals surface area contributed by atoms with Gasteiger partial charge in [-0.25, -0.2) is 0 Å². The highest BCUT2D eigenvalue weighted by Crippen LogP contribution is 2.40. The number of hydrogen-bond donors (Lipinski definition) is 3. The summed E-state index contributed by atoms with van der Waals surface area (Å²) in [7, 11) is 0. The van der Waals surface area contributed by atoms with Crippen LogP contribution in [0.1, 0.15) is 22.8 Å². The van der Waals surface area contributed by atoms with Crippen molar-refractivity contribution >= 4 is 45.2 Å². The van der Waals surface area contributed by atoms with Crippen molar-refractivity contribution < 1.29 is 24.9 Å². The third-order valence-corrected chi connectivity index (χ3v) is 7.14. The molecule has 2 saturated heterocycles. The first kappa shape index (κ1) is 22.1. The van der Waals surface area contributed by atoms with Gasteiger partial charge in [0.15, 0.2) is 0 Å². The molecule has 30 heavy (non-hydrogen) atoms. The first-order chi connectivity index (χ1) is 14.4. The second-order valence-corrected chi connectivity index (χ2v) is 9.73. The maximum atomic E-state index is 12.8. The number of hydrogen-bond acceptors (Lipinski definition) is 7. The Morgan fingerprint density at radius 1 is 1.33 bits per heavy atom. The number of nitrogens with zero attached hydrogens (tertiary/aromatic N) is 3. The molecule has 1 amide bonds. The van der Waals surface area contributed by atoms with Gasteiger partial charge >= 0.3 is 0 Å². The van der Waals surface area contributed by atoms with Gasteiger partial charge in [-0.2, -0.15) is 5.10 Å². The van der Waals surface area contributed by atoms with Crippen LogP contribution in [0.15, 0.2) is 40.0 Å². The first-order valence-electron chi connectivity index (χ1n) is 9.46. The lowest BCUT2D eigenvalue weighted by Gasteiger charge is -2.42. The number of carbonyl (C=O) groups excluding carboxylic acids is 1. The summed E-state index contributed by atoms with van der Waals surface area (Å²) in [5.41, 5.74) is -0.384. The number of benzene rings is 1. The van der Waals surface area contributed by atoms with Crippen LogP contribution < -0.4 is 0 Å². The summed E-state index contributed by atoms with van der Waals surface area (Å²) in [5.74, 6) is -0.1000. The molecule has 0 bridgehead atoms. The van der Waals surface area contributed by atoms with Crippen molar-refractivity contribution in [2.45, 2.75) is 41.1 Å². The van der Waals surface area contributed by atoms with E-state index >= 15 is 0 Å². The number of ether oxygens (including phenoxy) is 1. The molecule has 0 saturated carbocycles. The Balaban J connectivity index is 1.63. The Morgan fingerprint density at radius 2 is 2.10 bits per heavy atom. The zero-order valence-electron chi connectivity index (χ0n) is 15.8. The standard InChI is InChI=1S/C19H21BrClN3O5S/c20-10-7-22-24(8-10)15-16(26)13(9-25)29-19(17(15)27)30-14-6-11(21)2-3-12(14)18(28)23-4-1-5-23/h2-3,6-8,13,15-17,19,25-27H,1,4-5,9H2/t13-,15+,16+,17-,19-/m1/s1. The van der Waals surface area contributed by atoms with E-state index in [1.165, 1.54) is 4.68 Å². The second-order valence-electron chi connectivity index (χ2n) is 7.24. The van der Waals surface area contributed by atoms with Crippen molar-refractivity contribution in [1.82, 2.24) is 14.7 Å². The minimum absolute atomic E-state index is 0.1000. The van der Waals surface area contributed by atoms with Gasteiger partial charge in [0.25, 0.3) is 5.91 Å². The summed E-state index contributed by atoms with van der Waals surface area (Å²) in [4.78, 5) is 15.1. The van der Waals surface area contributed by atoms with Gasteiger partial charge in [-0.1, -0.05) is 23.4 Å². The summed E-state index contributed by atoms with van der Waals surface area (Å²) < 4.78 is 7.93. The monoisotopic (exact) mass is 517 g/mol. The summed E-state index contributed by atoms with van der Waals surface area (Å²) in [6.45, 7) is 0.991. The highest BCUT2D eigenvalue weighted by atomic mass is 79.9. The van der Waals surface area contributed by atoms with Crippen molar-refractivity contribution in [1.29, 1.82) is 0 Å². The molecule has 3 N–H and O–H groups in total. The molecule has 2 aromatic rings. The van der Waals surface area contributed by atoms with Gasteiger partial charge in [0.2, 0.25) is 0 Å². The van der Waals surface area contributed by atoms with Crippen LogP contribution in [0.5, 0.6) is 0 Å². The molecular formula is C19H21BrClN3O5S. The van der Waals surface area contributed by atoms with Crippen molar-refractivity contribution in [2.75, 3.05) is 19.7 Å². The molecule has 0 radical (unpaired) electrons. The number of aliphatic hydroxyl groups is 3. The molecule has 2 aliphatic rings. The SMILES string of the molecule is O=C(c1ccc(Cl)cc1S[C@H]1O[C@H](CO)[C@H](O)[C@H](n2cc(Br)cn2)[C@H]1O)N1CCC1. The Bertz CT molecular complexity index is 927. The Hall–Kier alpha value is -1.14. The molecule has 0 aliphatic carbocycles. The maximum absolute atomic E-state index is 12.8. The van der Waals surface area contributed by atoms with Gasteiger partial charge in [-0.05, 0) is 40.5 Å². The van der Waals surface area contributed by atoms with Crippen molar-refractivity contribution in [3.63, 3.8) is 0 Å². The molecule has 2 aliphatic heterocycles. The number of thioether (sulfide) groups is 1. The molecule has 2 fully saturated rings. The van der Waals surface area contributed by atoms with Crippen LogP contribution in [0, 0.1) is 0 Å². The highest BCUT2D eigenvalue weighted by molar-refractivity contribution is 9.10.